The van der Waals surface area contributed by atoms with Gasteiger partial charge in [-0.3, -0.25) is 24.0 Å². The summed E-state index contributed by atoms with van der Waals surface area (Å²) in [6.45, 7) is 12.8. The van der Waals surface area contributed by atoms with Crippen molar-refractivity contribution in [1.82, 2.24) is 50.8 Å². The number of anilines is 2. The number of aromatic nitrogens is 6. The van der Waals surface area contributed by atoms with Crippen molar-refractivity contribution in [3.8, 4) is 22.5 Å². The minimum absolute atomic E-state index is 0.0157. The van der Waals surface area contributed by atoms with Crippen LogP contribution >= 0.6 is 0 Å². The third kappa shape index (κ3) is 10.3. The van der Waals surface area contributed by atoms with Gasteiger partial charge in [0.15, 0.2) is 0 Å². The number of likely N-dealkylation sites (tertiary alicyclic amines) is 1. The number of esters is 2. The lowest BCUT2D eigenvalue weighted by Gasteiger charge is -2.33. The van der Waals surface area contributed by atoms with E-state index in [-0.39, 0.29) is 23.8 Å². The normalized spacial score (nSPS) is 17.7. The Morgan fingerprint density at radius 3 is 1.64 bits per heavy atom. The first-order valence-corrected chi connectivity index (χ1v) is 22.5. The van der Waals surface area contributed by atoms with Crippen molar-refractivity contribution >= 4 is 63.4 Å². The molecule has 18 nitrogen and oxygen atoms in total. The fourth-order valence-electron chi connectivity index (χ4n) is 8.86. The molecule has 4 aliphatic heterocycles. The van der Waals surface area contributed by atoms with Crippen molar-refractivity contribution in [3.05, 3.63) is 82.4 Å². The standard InChI is InChI=1S/C23H26N6O2.C21H24N6O.C4H6O3/c1-13-22(26-15-5-4-10-29(12-15)14(2)30)28-21-16(6-3-7-19(21)25-13)20-11-17-18(27-20)8-9-24-23(17)31;1-12-20(25-13-4-3-8-22-11-13)27-19-14(5-2-6-17(19)24-12)18-10-15-16(26-18)7-9-23-21(15)28;1-3(5)7-4(2)6/h3,6-7,11,15,27H,4-5,8-10,12H2,1-2H3,(H,24,31)(H,26,28);2,5-6,10,13,22,26H,3-4,7-9,11H2,1H3,(H,23,28)(H,25,27);1-2H3/t15-;13-;/m11./s1. The molecule has 8 heterocycles. The van der Waals surface area contributed by atoms with Crippen LogP contribution in [0.1, 0.15) is 89.9 Å². The van der Waals surface area contributed by atoms with Crippen molar-refractivity contribution in [2.24, 2.45) is 0 Å². The van der Waals surface area contributed by atoms with E-state index >= 15 is 0 Å². The minimum atomic E-state index is -0.562. The van der Waals surface area contributed by atoms with E-state index in [0.717, 1.165) is 136 Å². The van der Waals surface area contributed by atoms with Gasteiger partial charge in [0.25, 0.3) is 11.8 Å². The maximum Gasteiger partial charge on any atom is 0.310 e. The Hall–Kier alpha value is -7.21. The summed E-state index contributed by atoms with van der Waals surface area (Å²) in [7, 11) is 0. The Morgan fingerprint density at radius 2 is 1.18 bits per heavy atom. The Morgan fingerprint density at radius 1 is 0.667 bits per heavy atom. The molecule has 10 rings (SSSR count). The molecule has 2 aromatic carbocycles. The number of carbonyl (C=O) groups is 5. The van der Waals surface area contributed by atoms with Gasteiger partial charge >= 0.3 is 11.9 Å². The molecule has 6 aromatic rings. The van der Waals surface area contributed by atoms with Crippen LogP contribution in [0.2, 0.25) is 0 Å². The van der Waals surface area contributed by atoms with Gasteiger partial charge in [0, 0.05) is 112 Å². The number of nitrogens with zero attached hydrogens (tertiary/aromatic N) is 5. The number of hydrogen-bond acceptors (Lipinski definition) is 13. The summed E-state index contributed by atoms with van der Waals surface area (Å²) in [5.41, 5.74) is 12.1. The van der Waals surface area contributed by atoms with Crippen LogP contribution in [0.15, 0.2) is 48.5 Å². The number of aromatic amines is 2. The number of H-pyrrole nitrogens is 2. The molecule has 4 aliphatic rings. The summed E-state index contributed by atoms with van der Waals surface area (Å²) in [6, 6.07) is 16.3. The SMILES string of the molecule is CC(=O)N1CCC[C@@H](Nc2nc3c(-c4cc5c([nH]4)CCNC5=O)cccc3nc2C)C1.CC(=O)OC(C)=O.Cc1nc2cccc(-c3cc4c([nH]3)CCNC4=O)c2nc1N[C@@H]1CCCNC1. The number of carbonyl (C=O) groups excluding carboxylic acids is 5. The summed E-state index contributed by atoms with van der Waals surface area (Å²) < 4.78 is 3.97. The highest BCUT2D eigenvalue weighted by Crippen LogP contribution is 2.32. The van der Waals surface area contributed by atoms with Gasteiger partial charge in [0.1, 0.15) is 22.7 Å². The van der Waals surface area contributed by atoms with Crippen molar-refractivity contribution in [2.75, 3.05) is 49.9 Å². The molecule has 2 saturated heterocycles. The second-order valence-electron chi connectivity index (χ2n) is 17.0. The highest BCUT2D eigenvalue weighted by molar-refractivity contribution is 6.01. The van der Waals surface area contributed by atoms with Crippen molar-refractivity contribution in [2.45, 2.75) is 85.2 Å². The second-order valence-corrected chi connectivity index (χ2v) is 17.0. The highest BCUT2D eigenvalue weighted by atomic mass is 16.6. The molecule has 344 valence electrons. The van der Waals surface area contributed by atoms with Crippen LogP contribution in [0.4, 0.5) is 11.6 Å². The van der Waals surface area contributed by atoms with Gasteiger partial charge in [-0.25, -0.2) is 19.9 Å². The van der Waals surface area contributed by atoms with Gasteiger partial charge in [-0.05, 0) is 70.3 Å². The van der Waals surface area contributed by atoms with Gasteiger partial charge in [0.2, 0.25) is 5.91 Å². The van der Waals surface area contributed by atoms with Crippen LogP contribution in [0.3, 0.4) is 0 Å². The number of amides is 3. The third-order valence-electron chi connectivity index (χ3n) is 12.1. The average molecular weight is 897 g/mol. The Labute approximate surface area is 381 Å². The van der Waals surface area contributed by atoms with Crippen LogP contribution in [0, 0.1) is 13.8 Å². The van der Waals surface area contributed by atoms with Crippen molar-refractivity contribution in [1.29, 1.82) is 0 Å². The number of aryl methyl sites for hydroxylation is 2. The van der Waals surface area contributed by atoms with Gasteiger partial charge in [-0.1, -0.05) is 24.3 Å². The molecule has 0 aliphatic carbocycles. The highest BCUT2D eigenvalue weighted by Gasteiger charge is 2.25. The molecular weight excluding hydrogens is 841 g/mol. The van der Waals surface area contributed by atoms with Crippen molar-refractivity contribution < 1.29 is 28.7 Å². The largest absolute Gasteiger partial charge is 0.394 e. The lowest BCUT2D eigenvalue weighted by atomic mass is 10.1. The zero-order chi connectivity index (χ0) is 46.5. The number of nitrogens with one attached hydrogen (secondary N) is 7. The first-order valence-electron chi connectivity index (χ1n) is 22.5. The van der Waals surface area contributed by atoms with Crippen LogP contribution in [-0.2, 0) is 32.0 Å². The molecule has 7 N–H and O–H groups in total. The fourth-order valence-corrected chi connectivity index (χ4v) is 8.86. The molecule has 3 amide bonds. The predicted molar refractivity (Wildman–Crippen MR) is 251 cm³/mol. The lowest BCUT2D eigenvalue weighted by molar-refractivity contribution is -0.156. The van der Waals surface area contributed by atoms with E-state index in [1.165, 1.54) is 20.3 Å². The minimum Gasteiger partial charge on any atom is -0.394 e. The number of para-hydroxylation sites is 2. The number of ether oxygens (including phenoxy) is 1. The molecule has 2 fully saturated rings. The molecule has 4 aromatic heterocycles. The van der Waals surface area contributed by atoms with Gasteiger partial charge in [0.05, 0.1) is 33.5 Å². The molecular formula is C48H56N12O6. The molecule has 0 spiro atoms. The van der Waals surface area contributed by atoms with Crippen LogP contribution in [0.5, 0.6) is 0 Å². The maximum atomic E-state index is 12.2. The number of hydrogen-bond donors (Lipinski definition) is 7. The number of benzene rings is 2. The molecule has 66 heavy (non-hydrogen) atoms. The lowest BCUT2D eigenvalue weighted by Crippen LogP contribution is -2.44. The average Bonchev–Trinajstić information content (AvgIpc) is 3.94. The smallest absolute Gasteiger partial charge is 0.310 e. The van der Waals surface area contributed by atoms with E-state index in [0.29, 0.717) is 31.2 Å². The van der Waals surface area contributed by atoms with Gasteiger partial charge in [-0.2, -0.15) is 0 Å². The summed E-state index contributed by atoms with van der Waals surface area (Å²) in [6.07, 6.45) is 5.86. The van der Waals surface area contributed by atoms with Crippen LogP contribution in [0.25, 0.3) is 44.6 Å². The van der Waals surface area contributed by atoms with Gasteiger partial charge in [-0.15, -0.1) is 0 Å². The quantitative estimate of drug-likeness (QED) is 0.0850. The molecule has 2 atom stereocenters. The second kappa shape index (κ2) is 19.9. The first kappa shape index (κ1) is 45.4. The zero-order valence-corrected chi connectivity index (χ0v) is 37.9. The van der Waals surface area contributed by atoms with E-state index in [1.54, 1.807) is 6.92 Å². The molecule has 0 bridgehead atoms. The van der Waals surface area contributed by atoms with Crippen LogP contribution < -0.4 is 26.6 Å². The molecule has 0 unspecified atom stereocenters. The third-order valence-corrected chi connectivity index (χ3v) is 12.1. The summed E-state index contributed by atoms with van der Waals surface area (Å²) in [4.78, 5) is 83.9. The van der Waals surface area contributed by atoms with Crippen molar-refractivity contribution in [3.63, 3.8) is 0 Å². The van der Waals surface area contributed by atoms with E-state index in [9.17, 15) is 24.0 Å². The number of rotatable bonds is 6. The van der Waals surface area contributed by atoms with Gasteiger partial charge < -0.3 is 46.2 Å². The number of piperidine rings is 2. The Bertz CT molecular complexity index is 2820. The summed E-state index contributed by atoms with van der Waals surface area (Å²) in [5.74, 6) is 0.501. The predicted octanol–water partition coefficient (Wildman–Crippen LogP) is 5.12. The molecule has 0 saturated carbocycles. The van der Waals surface area contributed by atoms with E-state index in [1.807, 2.05) is 67.3 Å². The number of fused-ring (bicyclic) bond motifs is 4. The van der Waals surface area contributed by atoms with E-state index in [4.69, 9.17) is 19.9 Å². The zero-order valence-electron chi connectivity index (χ0n) is 37.9. The Balaban J connectivity index is 0.000000158. The first-order chi connectivity index (χ1) is 31.8. The fraction of sp³-hybridized carbons (Fsp3) is 0.396. The molecule has 18 heteroatoms. The van der Waals surface area contributed by atoms with Crippen LogP contribution in [-0.4, -0.2) is 116 Å². The van der Waals surface area contributed by atoms with E-state index < -0.39 is 11.9 Å². The topological polar surface area (TPSA) is 241 Å². The summed E-state index contributed by atoms with van der Waals surface area (Å²) >= 11 is 0. The molecule has 0 radical (unpaired) electrons. The van der Waals surface area contributed by atoms with E-state index in [2.05, 4.69) is 41.3 Å². The maximum absolute atomic E-state index is 12.2. The Kier molecular flexibility index (Phi) is 13.7. The summed E-state index contributed by atoms with van der Waals surface area (Å²) in [5, 5.41) is 16.3. The monoisotopic (exact) mass is 896 g/mol.